The van der Waals surface area contributed by atoms with Gasteiger partial charge < -0.3 is 4.42 Å². The molecule has 0 atom stereocenters. The monoisotopic (exact) mass is 721 g/mol. The quantitative estimate of drug-likeness (QED) is 0.170. The van der Waals surface area contributed by atoms with Gasteiger partial charge in [0.1, 0.15) is 11.2 Å². The summed E-state index contributed by atoms with van der Waals surface area (Å²) in [6, 6.07) is 43.6. The van der Waals surface area contributed by atoms with Crippen LogP contribution >= 0.6 is 0 Å². The molecular weight excluding hydrogens is 685 g/mol. The van der Waals surface area contributed by atoms with Gasteiger partial charge >= 0.3 is 0 Å². The molecule has 0 aliphatic heterocycles. The minimum atomic E-state index is -0.480. The lowest BCUT2D eigenvalue weighted by atomic mass is 9.93. The van der Waals surface area contributed by atoms with E-state index in [9.17, 15) is 1.37 Å². The average Bonchev–Trinajstić information content (AvgIpc) is 3.90. The van der Waals surface area contributed by atoms with Gasteiger partial charge in [0.15, 0.2) is 11.6 Å². The van der Waals surface area contributed by atoms with Crippen LogP contribution in [0, 0.1) is 0 Å². The largest absolute Gasteiger partial charge is 0.456 e. The molecule has 0 amide bonds. The molecule has 3 aromatic heterocycles. The van der Waals surface area contributed by atoms with E-state index in [4.69, 9.17) is 27.6 Å². The maximum Gasteiger partial charge on any atom is 0.238 e. The molecule has 12 aromatic rings. The lowest BCUT2D eigenvalue weighted by molar-refractivity contribution is 0.669. The molecule has 9 aromatic carbocycles. The Morgan fingerprint density at radius 2 is 1.05 bits per heavy atom. The predicted octanol–water partition coefficient (Wildman–Crippen LogP) is 13.3. The zero-order chi connectivity index (χ0) is 42.8. The molecule has 0 spiro atoms. The second-order valence-corrected chi connectivity index (χ2v) is 13.8. The fourth-order valence-electron chi connectivity index (χ4n) is 8.35. The molecule has 0 aliphatic carbocycles. The molecule has 3 heterocycles. The second kappa shape index (κ2) is 11.9. The van der Waals surface area contributed by atoms with E-state index in [2.05, 4.69) is 60.7 Å². The number of hydrogen-bond acceptors (Lipinski definition) is 4. The fraction of sp³-hybridized carbons (Fsp3) is 0. The van der Waals surface area contributed by atoms with E-state index < -0.39 is 24.2 Å². The Bertz CT molecular complexity index is 3920. The standard InChI is InChI=1S/C51H30N4O/c1-2-14-31(15-3-1)49-52-50(32-28-29-37-35-18-5-4-16-33(35)34-17-6-7-19-36(34)43(37)30-32)54-51(53-49)55-44-25-10-8-20-38(44)40-23-12-24-41(48(40)55)39-22-13-27-46-47(39)42-21-9-11-26-45(42)56-46/h1-30H/i9D,11D,13D,21D,22D,26D,27D. The van der Waals surface area contributed by atoms with Crippen LogP contribution in [0.5, 0.6) is 0 Å². The third-order valence-electron chi connectivity index (χ3n) is 10.8. The van der Waals surface area contributed by atoms with Crippen LogP contribution in [0.15, 0.2) is 186 Å². The van der Waals surface area contributed by atoms with Gasteiger partial charge in [-0.1, -0.05) is 158 Å². The van der Waals surface area contributed by atoms with Gasteiger partial charge in [0.25, 0.3) is 0 Å². The Hall–Kier alpha value is -7.63. The number of benzene rings is 9. The number of furan rings is 1. The van der Waals surface area contributed by atoms with Crippen molar-refractivity contribution >= 4 is 76.1 Å². The van der Waals surface area contributed by atoms with Gasteiger partial charge in [0, 0.05) is 38.2 Å². The summed E-state index contributed by atoms with van der Waals surface area (Å²) >= 11 is 0. The van der Waals surface area contributed by atoms with Crippen molar-refractivity contribution in [2.45, 2.75) is 0 Å². The van der Waals surface area contributed by atoms with Gasteiger partial charge in [-0.25, -0.2) is 4.98 Å². The van der Waals surface area contributed by atoms with Crippen LogP contribution in [-0.2, 0) is 0 Å². The summed E-state index contributed by atoms with van der Waals surface area (Å²) in [5.41, 5.74) is 3.32. The normalized spacial score (nSPS) is 13.7. The molecule has 260 valence electrons. The molecule has 5 heteroatoms. The number of para-hydroxylation sites is 3. The van der Waals surface area contributed by atoms with Crippen LogP contribution in [0.3, 0.4) is 0 Å². The molecule has 0 saturated heterocycles. The van der Waals surface area contributed by atoms with Gasteiger partial charge in [-0.2, -0.15) is 9.97 Å². The van der Waals surface area contributed by atoms with Crippen molar-refractivity contribution in [3.63, 3.8) is 0 Å². The number of aromatic nitrogens is 4. The first-order valence-electron chi connectivity index (χ1n) is 21.8. The second-order valence-electron chi connectivity index (χ2n) is 13.8. The smallest absolute Gasteiger partial charge is 0.238 e. The highest BCUT2D eigenvalue weighted by molar-refractivity contribution is 6.26. The van der Waals surface area contributed by atoms with Crippen molar-refractivity contribution < 1.29 is 14.0 Å². The van der Waals surface area contributed by atoms with Crippen molar-refractivity contribution in [2.24, 2.45) is 0 Å². The summed E-state index contributed by atoms with van der Waals surface area (Å²) < 4.78 is 69.9. The van der Waals surface area contributed by atoms with E-state index in [0.29, 0.717) is 28.7 Å². The van der Waals surface area contributed by atoms with Crippen LogP contribution in [-0.4, -0.2) is 19.5 Å². The summed E-state index contributed by atoms with van der Waals surface area (Å²) in [4.78, 5) is 15.6. The van der Waals surface area contributed by atoms with Crippen molar-refractivity contribution in [1.29, 1.82) is 0 Å². The van der Waals surface area contributed by atoms with E-state index in [0.717, 1.165) is 54.3 Å². The van der Waals surface area contributed by atoms with Crippen molar-refractivity contribution in [2.75, 3.05) is 0 Å². The molecule has 0 unspecified atom stereocenters. The topological polar surface area (TPSA) is 56.7 Å². The maximum atomic E-state index is 9.45. The highest BCUT2D eigenvalue weighted by Crippen LogP contribution is 2.43. The molecule has 0 bridgehead atoms. The van der Waals surface area contributed by atoms with Gasteiger partial charge in [-0.15, -0.1) is 0 Å². The maximum absolute atomic E-state index is 9.45. The number of rotatable bonds is 4. The summed E-state index contributed by atoms with van der Waals surface area (Å²) in [6.45, 7) is 0. The summed E-state index contributed by atoms with van der Waals surface area (Å²) in [5, 5.41) is 8.61. The Morgan fingerprint density at radius 3 is 1.84 bits per heavy atom. The third kappa shape index (κ3) is 4.52. The Morgan fingerprint density at radius 1 is 0.429 bits per heavy atom. The lowest BCUT2D eigenvalue weighted by Gasteiger charge is -2.14. The zero-order valence-corrected chi connectivity index (χ0v) is 29.5. The van der Waals surface area contributed by atoms with E-state index >= 15 is 0 Å². The Kier molecular flexibility index (Phi) is 5.25. The number of hydrogen-bond donors (Lipinski definition) is 0. The minimum absolute atomic E-state index is 0.0399. The predicted molar refractivity (Wildman–Crippen MR) is 230 cm³/mol. The van der Waals surface area contributed by atoms with Crippen molar-refractivity contribution in [1.82, 2.24) is 19.5 Å². The SMILES string of the molecule is [2H]c1c([2H])c([2H])c2c(oc3c([2H])c([2H])c([2H])c(-c4cccc5c6ccccc6n(-c6nc(-c7ccccc7)nc(-c7ccc8c9ccccc9c9ccccc9c8c7)n6)c45)c32)c1[2H]. The first-order chi connectivity index (χ1) is 30.7. The molecular formula is C51H30N4O. The first kappa shape index (κ1) is 24.6. The first-order valence-corrected chi connectivity index (χ1v) is 18.3. The highest BCUT2D eigenvalue weighted by Gasteiger charge is 2.22. The molecule has 56 heavy (non-hydrogen) atoms. The average molecular weight is 722 g/mol. The van der Waals surface area contributed by atoms with Crippen LogP contribution in [0.4, 0.5) is 0 Å². The van der Waals surface area contributed by atoms with E-state index in [1.807, 2.05) is 83.4 Å². The molecule has 0 aliphatic rings. The molecule has 0 radical (unpaired) electrons. The van der Waals surface area contributed by atoms with Gasteiger partial charge in [0.05, 0.1) is 20.6 Å². The van der Waals surface area contributed by atoms with Crippen LogP contribution < -0.4 is 0 Å². The van der Waals surface area contributed by atoms with Crippen LogP contribution in [0.1, 0.15) is 9.60 Å². The Balaban J connectivity index is 1.20. The summed E-state index contributed by atoms with van der Waals surface area (Å²) in [5.74, 6) is 1.18. The van der Waals surface area contributed by atoms with Crippen molar-refractivity contribution in [3.8, 4) is 39.9 Å². The van der Waals surface area contributed by atoms with Crippen molar-refractivity contribution in [3.05, 3.63) is 182 Å². The third-order valence-corrected chi connectivity index (χ3v) is 10.8. The Labute approximate surface area is 330 Å². The lowest BCUT2D eigenvalue weighted by Crippen LogP contribution is -2.07. The number of fused-ring (bicyclic) bond motifs is 12. The number of nitrogens with zero attached hydrogens (tertiary/aromatic N) is 4. The fourth-order valence-corrected chi connectivity index (χ4v) is 8.35. The van der Waals surface area contributed by atoms with E-state index in [-0.39, 0.29) is 45.6 Å². The molecule has 0 N–H and O–H groups in total. The molecule has 0 saturated carbocycles. The highest BCUT2D eigenvalue weighted by atomic mass is 16.3. The van der Waals surface area contributed by atoms with Crippen LogP contribution in [0.25, 0.3) is 116 Å². The summed E-state index contributed by atoms with van der Waals surface area (Å²) in [6.07, 6.45) is 0. The van der Waals surface area contributed by atoms with Gasteiger partial charge in [-0.05, 0) is 62.1 Å². The minimum Gasteiger partial charge on any atom is -0.456 e. The molecule has 0 fully saturated rings. The van der Waals surface area contributed by atoms with Crippen LogP contribution in [0.2, 0.25) is 0 Å². The van der Waals surface area contributed by atoms with Gasteiger partial charge in [-0.3, -0.25) is 4.57 Å². The molecule has 5 nitrogen and oxygen atoms in total. The van der Waals surface area contributed by atoms with Gasteiger partial charge in [0.2, 0.25) is 5.95 Å². The van der Waals surface area contributed by atoms with E-state index in [1.54, 1.807) is 0 Å². The summed E-state index contributed by atoms with van der Waals surface area (Å²) in [7, 11) is 0. The molecule has 12 rings (SSSR count). The van der Waals surface area contributed by atoms with E-state index in [1.165, 1.54) is 5.39 Å². The zero-order valence-electron chi connectivity index (χ0n) is 36.5.